The van der Waals surface area contributed by atoms with Crippen molar-refractivity contribution < 1.29 is 28.5 Å². The maximum atomic E-state index is 14.1. The number of amides is 2. The van der Waals surface area contributed by atoms with E-state index >= 15 is 0 Å². The zero-order valence-corrected chi connectivity index (χ0v) is 25.8. The summed E-state index contributed by atoms with van der Waals surface area (Å²) in [6.45, 7) is 5.83. The van der Waals surface area contributed by atoms with E-state index in [1.54, 1.807) is 50.5 Å². The van der Waals surface area contributed by atoms with Crippen LogP contribution in [0.25, 0.3) is 0 Å². The number of rotatable bonds is 11. The Morgan fingerprint density at radius 3 is 2.25 bits per heavy atom. The Balaban J connectivity index is 1.44. The van der Waals surface area contributed by atoms with Gasteiger partial charge in [-0.05, 0) is 48.9 Å². The SMILES string of the molecule is COc1ccc(C(=O)N(CCN2CCOCC2)CC(=O)N2N=C(c3ccc(OC)cc3OC)C[C@@H]2c2ccc(C)cc2)cc1. The van der Waals surface area contributed by atoms with Crippen LogP contribution in [0.15, 0.2) is 71.8 Å². The third kappa shape index (κ3) is 7.20. The van der Waals surface area contributed by atoms with E-state index in [0.717, 1.165) is 35.5 Å². The molecule has 0 unspecified atom stereocenters. The molecule has 2 aliphatic heterocycles. The van der Waals surface area contributed by atoms with Crippen molar-refractivity contribution in [2.75, 3.05) is 67.3 Å². The third-order valence-electron chi connectivity index (χ3n) is 8.09. The number of ether oxygens (including phenoxy) is 4. The average molecular weight is 601 g/mol. The van der Waals surface area contributed by atoms with Crippen molar-refractivity contribution in [2.24, 2.45) is 5.10 Å². The standard InChI is InChI=1S/C34H40N4O6/c1-24-5-7-25(8-6-24)31-22-30(29-14-13-28(42-3)21-32(29)43-4)35-38(31)33(39)23-37(16-15-36-17-19-44-20-18-36)34(40)26-9-11-27(41-2)12-10-26/h5-14,21,31H,15-20,22-23H2,1-4H3/t31-/m1/s1. The van der Waals surface area contributed by atoms with E-state index in [9.17, 15) is 9.59 Å². The second-order valence-electron chi connectivity index (χ2n) is 10.9. The van der Waals surface area contributed by atoms with Crippen LogP contribution in [0.4, 0.5) is 0 Å². The number of methoxy groups -OCH3 is 3. The number of hydrogen-bond acceptors (Lipinski definition) is 8. The molecule has 232 valence electrons. The van der Waals surface area contributed by atoms with Crippen LogP contribution in [0.5, 0.6) is 17.2 Å². The summed E-state index contributed by atoms with van der Waals surface area (Å²) in [5.74, 6) is 1.46. The molecule has 2 heterocycles. The minimum absolute atomic E-state index is 0.117. The highest BCUT2D eigenvalue weighted by Crippen LogP contribution is 2.36. The molecule has 0 aromatic heterocycles. The molecular formula is C34H40N4O6. The number of hydrazone groups is 1. The van der Waals surface area contributed by atoms with E-state index < -0.39 is 0 Å². The van der Waals surface area contributed by atoms with Gasteiger partial charge in [0.15, 0.2) is 0 Å². The molecule has 2 amide bonds. The van der Waals surface area contributed by atoms with E-state index in [4.69, 9.17) is 24.0 Å². The maximum Gasteiger partial charge on any atom is 0.262 e. The van der Waals surface area contributed by atoms with Crippen molar-refractivity contribution in [1.29, 1.82) is 0 Å². The van der Waals surface area contributed by atoms with Crippen LogP contribution in [0.1, 0.15) is 39.5 Å². The zero-order valence-electron chi connectivity index (χ0n) is 25.8. The summed E-state index contributed by atoms with van der Waals surface area (Å²) in [6.07, 6.45) is 0.498. The minimum atomic E-state index is -0.331. The third-order valence-corrected chi connectivity index (χ3v) is 8.09. The first kappa shape index (κ1) is 31.0. The molecule has 1 fully saturated rings. The van der Waals surface area contributed by atoms with Gasteiger partial charge >= 0.3 is 0 Å². The van der Waals surface area contributed by atoms with Gasteiger partial charge in [0.2, 0.25) is 0 Å². The van der Waals surface area contributed by atoms with Crippen molar-refractivity contribution in [2.45, 2.75) is 19.4 Å². The molecule has 1 saturated heterocycles. The summed E-state index contributed by atoms with van der Waals surface area (Å²) < 4.78 is 21.8. The molecule has 44 heavy (non-hydrogen) atoms. The van der Waals surface area contributed by atoms with Crippen LogP contribution in [0, 0.1) is 6.92 Å². The van der Waals surface area contributed by atoms with E-state index in [-0.39, 0.29) is 24.4 Å². The van der Waals surface area contributed by atoms with Gasteiger partial charge in [0.1, 0.15) is 23.8 Å². The first-order valence-electron chi connectivity index (χ1n) is 14.8. The Bertz CT molecular complexity index is 1470. The lowest BCUT2D eigenvalue weighted by atomic mass is 9.97. The Morgan fingerprint density at radius 1 is 0.909 bits per heavy atom. The highest BCUT2D eigenvalue weighted by Gasteiger charge is 2.35. The van der Waals surface area contributed by atoms with Crippen molar-refractivity contribution in [3.63, 3.8) is 0 Å². The molecule has 3 aromatic carbocycles. The number of benzene rings is 3. The molecule has 0 spiro atoms. The van der Waals surface area contributed by atoms with Crippen LogP contribution in [0.3, 0.4) is 0 Å². The van der Waals surface area contributed by atoms with Gasteiger partial charge in [-0.1, -0.05) is 29.8 Å². The molecule has 3 aromatic rings. The normalized spacial score (nSPS) is 16.8. The lowest BCUT2D eigenvalue weighted by Gasteiger charge is -2.31. The average Bonchev–Trinajstić information content (AvgIpc) is 3.52. The number of nitrogens with zero attached hydrogens (tertiary/aromatic N) is 4. The van der Waals surface area contributed by atoms with Gasteiger partial charge in [0.25, 0.3) is 11.8 Å². The van der Waals surface area contributed by atoms with Crippen LogP contribution in [-0.4, -0.2) is 99.6 Å². The molecule has 0 N–H and O–H groups in total. The van der Waals surface area contributed by atoms with E-state index in [1.807, 2.05) is 49.4 Å². The Labute approximate surface area is 258 Å². The summed E-state index contributed by atoms with van der Waals surface area (Å²) in [5, 5.41) is 6.39. The van der Waals surface area contributed by atoms with Crippen LogP contribution < -0.4 is 14.2 Å². The smallest absolute Gasteiger partial charge is 0.262 e. The van der Waals surface area contributed by atoms with Gasteiger partial charge in [-0.3, -0.25) is 14.5 Å². The van der Waals surface area contributed by atoms with Crippen molar-refractivity contribution >= 4 is 17.5 Å². The molecule has 5 rings (SSSR count). The molecular weight excluding hydrogens is 560 g/mol. The number of hydrogen-bond donors (Lipinski definition) is 0. The molecule has 0 saturated carbocycles. The van der Waals surface area contributed by atoms with Gasteiger partial charge < -0.3 is 23.8 Å². The summed E-state index contributed by atoms with van der Waals surface area (Å²) in [7, 11) is 4.79. The van der Waals surface area contributed by atoms with Gasteiger partial charge in [0, 0.05) is 49.8 Å². The predicted octanol–water partition coefficient (Wildman–Crippen LogP) is 4.17. The number of morpholine rings is 1. The quantitative estimate of drug-likeness (QED) is 0.326. The van der Waals surface area contributed by atoms with Gasteiger partial charge in [0.05, 0.1) is 46.3 Å². The minimum Gasteiger partial charge on any atom is -0.497 e. The topological polar surface area (TPSA) is 93.1 Å². The fraction of sp³-hybridized carbons (Fsp3) is 0.382. The molecule has 0 radical (unpaired) electrons. The van der Waals surface area contributed by atoms with Gasteiger partial charge in [-0.2, -0.15) is 5.10 Å². The predicted molar refractivity (Wildman–Crippen MR) is 168 cm³/mol. The fourth-order valence-corrected chi connectivity index (χ4v) is 5.48. The molecule has 1 atom stereocenters. The fourth-order valence-electron chi connectivity index (χ4n) is 5.48. The second-order valence-corrected chi connectivity index (χ2v) is 10.9. The van der Waals surface area contributed by atoms with Gasteiger partial charge in [-0.15, -0.1) is 0 Å². The highest BCUT2D eigenvalue weighted by atomic mass is 16.5. The summed E-state index contributed by atoms with van der Waals surface area (Å²) in [5.41, 5.74) is 4.10. The Hall–Kier alpha value is -4.41. The Kier molecular flexibility index (Phi) is 10.1. The van der Waals surface area contributed by atoms with Crippen LogP contribution in [0.2, 0.25) is 0 Å². The largest absolute Gasteiger partial charge is 0.497 e. The number of carbonyl (C=O) groups excluding carboxylic acids is 2. The molecule has 0 aliphatic carbocycles. The summed E-state index contributed by atoms with van der Waals surface area (Å²) in [4.78, 5) is 31.8. The number of carbonyl (C=O) groups is 2. The number of aryl methyl sites for hydroxylation is 1. The van der Waals surface area contributed by atoms with Crippen molar-refractivity contribution in [3.05, 3.63) is 89.0 Å². The van der Waals surface area contributed by atoms with Gasteiger partial charge in [-0.25, -0.2) is 5.01 Å². The summed E-state index contributed by atoms with van der Waals surface area (Å²) >= 11 is 0. The molecule has 2 aliphatic rings. The molecule has 0 bridgehead atoms. The first-order chi connectivity index (χ1) is 21.4. The van der Waals surface area contributed by atoms with Crippen LogP contribution in [-0.2, 0) is 9.53 Å². The lowest BCUT2D eigenvalue weighted by molar-refractivity contribution is -0.133. The van der Waals surface area contributed by atoms with Crippen molar-refractivity contribution in [1.82, 2.24) is 14.8 Å². The summed E-state index contributed by atoms with van der Waals surface area (Å²) in [6, 6.07) is 20.3. The maximum absolute atomic E-state index is 14.1. The van der Waals surface area contributed by atoms with E-state index in [0.29, 0.717) is 55.5 Å². The zero-order chi connectivity index (χ0) is 31.1. The van der Waals surface area contributed by atoms with Crippen molar-refractivity contribution in [3.8, 4) is 17.2 Å². The van der Waals surface area contributed by atoms with E-state index in [2.05, 4.69) is 4.90 Å². The highest BCUT2D eigenvalue weighted by molar-refractivity contribution is 6.05. The molecule has 10 heteroatoms. The van der Waals surface area contributed by atoms with Crippen LogP contribution >= 0.6 is 0 Å². The monoisotopic (exact) mass is 600 g/mol. The lowest BCUT2D eigenvalue weighted by Crippen LogP contribution is -2.46. The van der Waals surface area contributed by atoms with E-state index in [1.165, 1.54) is 5.01 Å². The molecule has 10 nitrogen and oxygen atoms in total. The second kappa shape index (κ2) is 14.4. The first-order valence-corrected chi connectivity index (χ1v) is 14.8. The Morgan fingerprint density at radius 2 is 1.59 bits per heavy atom.